The van der Waals surface area contributed by atoms with Gasteiger partial charge in [-0.15, -0.1) is 0 Å². The van der Waals surface area contributed by atoms with Gasteiger partial charge in [-0.05, 0) is 25.1 Å². The Morgan fingerprint density at radius 3 is 2.59 bits per heavy atom. The zero-order chi connectivity index (χ0) is 23.3. The van der Waals surface area contributed by atoms with E-state index in [1.165, 1.54) is 40.4 Å². The van der Waals surface area contributed by atoms with Crippen LogP contribution in [0.3, 0.4) is 0 Å². The van der Waals surface area contributed by atoms with E-state index < -0.39 is 6.10 Å². The highest BCUT2D eigenvalue weighted by Gasteiger charge is 2.28. The van der Waals surface area contributed by atoms with Gasteiger partial charge in [-0.3, -0.25) is 9.59 Å². The number of amides is 1. The molecule has 1 amide bonds. The van der Waals surface area contributed by atoms with E-state index in [0.29, 0.717) is 42.3 Å². The van der Waals surface area contributed by atoms with E-state index in [9.17, 15) is 9.59 Å². The van der Waals surface area contributed by atoms with Crippen LogP contribution in [0.4, 0.5) is 0 Å². The molecule has 9 nitrogen and oxygen atoms in total. The van der Waals surface area contributed by atoms with Crippen LogP contribution in [-0.4, -0.2) is 75.3 Å². The van der Waals surface area contributed by atoms with Gasteiger partial charge in [0.1, 0.15) is 17.9 Å². The highest BCUT2D eigenvalue weighted by molar-refractivity contribution is 6.29. The molecular weight excluding hydrogens is 440 g/mol. The van der Waals surface area contributed by atoms with Gasteiger partial charge in [0.15, 0.2) is 17.3 Å². The number of hydrogen-bond donors (Lipinski definition) is 0. The molecule has 0 bridgehead atoms. The summed E-state index contributed by atoms with van der Waals surface area (Å²) in [5, 5.41) is 0.169. The van der Waals surface area contributed by atoms with Crippen molar-refractivity contribution in [2.24, 2.45) is 0 Å². The summed E-state index contributed by atoms with van der Waals surface area (Å²) in [7, 11) is 4.43. The third-order valence-corrected chi connectivity index (χ3v) is 5.14. The monoisotopic (exact) mass is 464 g/mol. The predicted octanol–water partition coefficient (Wildman–Crippen LogP) is 2.88. The van der Waals surface area contributed by atoms with Crippen LogP contribution in [0.5, 0.6) is 23.1 Å². The molecule has 3 rings (SSSR count). The highest BCUT2D eigenvalue weighted by atomic mass is 35.5. The molecule has 10 heteroatoms. The number of ketones is 1. The number of pyridine rings is 1. The number of halogens is 1. The van der Waals surface area contributed by atoms with Crippen molar-refractivity contribution in [2.45, 2.75) is 13.0 Å². The van der Waals surface area contributed by atoms with E-state index in [4.69, 9.17) is 35.3 Å². The first kappa shape index (κ1) is 23.6. The number of hydrogen-bond acceptors (Lipinski definition) is 8. The summed E-state index contributed by atoms with van der Waals surface area (Å²) in [6.45, 7) is 2.60. The Hall–Kier alpha value is -3.04. The van der Waals surface area contributed by atoms with Crippen LogP contribution in [0.1, 0.15) is 27.6 Å². The molecule has 2 heterocycles. The van der Waals surface area contributed by atoms with Crippen LogP contribution in [0, 0.1) is 0 Å². The topological polar surface area (TPSA) is 96.4 Å². The number of carbonyl (C=O) groups is 2. The minimum absolute atomic E-state index is 0.105. The summed E-state index contributed by atoms with van der Waals surface area (Å²) >= 11 is 6.00. The molecule has 1 aliphatic heterocycles. The lowest BCUT2D eigenvalue weighted by Gasteiger charge is -2.33. The maximum Gasteiger partial charge on any atom is 0.254 e. The molecule has 0 spiro atoms. The number of carbonyl (C=O) groups excluding carboxylic acids is 2. The van der Waals surface area contributed by atoms with Gasteiger partial charge in [0.2, 0.25) is 11.6 Å². The summed E-state index contributed by atoms with van der Waals surface area (Å²) in [5.41, 5.74) is 0.738. The number of rotatable bonds is 8. The molecule has 2 aromatic rings. The van der Waals surface area contributed by atoms with Crippen molar-refractivity contribution in [3.05, 3.63) is 40.5 Å². The van der Waals surface area contributed by atoms with Crippen molar-refractivity contribution < 1.29 is 33.3 Å². The van der Waals surface area contributed by atoms with Gasteiger partial charge in [-0.2, -0.15) is 0 Å². The van der Waals surface area contributed by atoms with Crippen molar-refractivity contribution in [3.8, 4) is 23.1 Å². The zero-order valence-electron chi connectivity index (χ0n) is 18.3. The summed E-state index contributed by atoms with van der Waals surface area (Å²) in [5.74, 6) is 0.905. The number of methoxy groups -OCH3 is 3. The second-order valence-corrected chi connectivity index (χ2v) is 7.40. The molecule has 1 atom stereocenters. The lowest BCUT2D eigenvalue weighted by Crippen LogP contribution is -2.47. The molecule has 1 aromatic heterocycles. The highest BCUT2D eigenvalue weighted by Crippen LogP contribution is 2.40. The van der Waals surface area contributed by atoms with Gasteiger partial charge < -0.3 is 28.6 Å². The summed E-state index contributed by atoms with van der Waals surface area (Å²) < 4.78 is 27.5. The first-order chi connectivity index (χ1) is 15.4. The van der Waals surface area contributed by atoms with Crippen molar-refractivity contribution in [3.63, 3.8) is 0 Å². The molecular formula is C22H25ClN2O7. The van der Waals surface area contributed by atoms with Gasteiger partial charge in [0, 0.05) is 18.2 Å². The Morgan fingerprint density at radius 1 is 1.16 bits per heavy atom. The van der Waals surface area contributed by atoms with Gasteiger partial charge in [-0.1, -0.05) is 11.6 Å². The number of ether oxygens (including phenoxy) is 5. The summed E-state index contributed by atoms with van der Waals surface area (Å²) in [6.07, 6.45) is -0.414. The van der Waals surface area contributed by atoms with E-state index in [1.54, 1.807) is 17.0 Å². The molecule has 1 fully saturated rings. The fourth-order valence-electron chi connectivity index (χ4n) is 3.38. The first-order valence-corrected chi connectivity index (χ1v) is 10.3. The minimum Gasteiger partial charge on any atom is -0.493 e. The molecule has 172 valence electrons. The normalized spacial score (nSPS) is 15.8. The van der Waals surface area contributed by atoms with Crippen LogP contribution in [0.25, 0.3) is 0 Å². The third kappa shape index (κ3) is 5.23. The van der Waals surface area contributed by atoms with Crippen molar-refractivity contribution in [1.82, 2.24) is 9.88 Å². The Balaban J connectivity index is 1.74. The van der Waals surface area contributed by atoms with Crippen LogP contribution < -0.4 is 18.9 Å². The second kappa shape index (κ2) is 10.5. The number of Topliss-reactive ketones (excluding diaryl/α,β-unsaturated/α-hetero) is 1. The Morgan fingerprint density at radius 2 is 1.94 bits per heavy atom. The Kier molecular flexibility index (Phi) is 7.76. The molecule has 0 radical (unpaired) electrons. The Bertz CT molecular complexity index is 998. The smallest absolute Gasteiger partial charge is 0.254 e. The van der Waals surface area contributed by atoms with E-state index in [1.807, 2.05) is 0 Å². The quantitative estimate of drug-likeness (QED) is 0.434. The molecule has 0 aliphatic carbocycles. The van der Waals surface area contributed by atoms with Gasteiger partial charge in [0.05, 0.1) is 40.0 Å². The standard InChI is InChI=1S/C22H25ClN2O7/c1-13(26)16-5-6-17(28-2)21(30-4)20(16)32-12-15-11-25(7-8-31-15)22(27)14-9-18(23)24-19(10-14)29-3/h5-6,9-10,15H,7-8,11-12H2,1-4H3. The fraction of sp³-hybridized carbons (Fsp3) is 0.409. The summed E-state index contributed by atoms with van der Waals surface area (Å²) in [6, 6.07) is 6.30. The lowest BCUT2D eigenvalue weighted by molar-refractivity contribution is -0.0405. The van der Waals surface area contributed by atoms with E-state index in [-0.39, 0.29) is 35.1 Å². The molecule has 1 saturated heterocycles. The maximum absolute atomic E-state index is 13.0. The zero-order valence-corrected chi connectivity index (χ0v) is 19.1. The van der Waals surface area contributed by atoms with Crippen LogP contribution >= 0.6 is 11.6 Å². The van der Waals surface area contributed by atoms with E-state index in [2.05, 4.69) is 4.98 Å². The molecule has 1 aromatic carbocycles. The molecule has 1 aliphatic rings. The third-order valence-electron chi connectivity index (χ3n) is 4.95. The molecule has 0 N–H and O–H groups in total. The van der Waals surface area contributed by atoms with E-state index >= 15 is 0 Å². The van der Waals surface area contributed by atoms with Crippen molar-refractivity contribution in [1.29, 1.82) is 0 Å². The fourth-order valence-corrected chi connectivity index (χ4v) is 3.58. The largest absolute Gasteiger partial charge is 0.493 e. The Labute approximate surface area is 191 Å². The number of aromatic nitrogens is 1. The maximum atomic E-state index is 13.0. The molecule has 1 unspecified atom stereocenters. The first-order valence-electron chi connectivity index (χ1n) is 9.89. The average molecular weight is 465 g/mol. The SMILES string of the molecule is COc1cc(C(=O)N2CCOC(COc3c(C(C)=O)ccc(OC)c3OC)C2)cc(Cl)n1. The van der Waals surface area contributed by atoms with Crippen molar-refractivity contribution >= 4 is 23.3 Å². The molecule has 0 saturated carbocycles. The van der Waals surface area contributed by atoms with E-state index in [0.717, 1.165) is 0 Å². The minimum atomic E-state index is -0.414. The second-order valence-electron chi connectivity index (χ2n) is 7.01. The number of nitrogens with zero attached hydrogens (tertiary/aromatic N) is 2. The van der Waals surface area contributed by atoms with Gasteiger partial charge in [-0.25, -0.2) is 4.98 Å². The van der Waals surface area contributed by atoms with Gasteiger partial charge in [0.25, 0.3) is 5.91 Å². The van der Waals surface area contributed by atoms with Gasteiger partial charge >= 0.3 is 0 Å². The predicted molar refractivity (Wildman–Crippen MR) is 116 cm³/mol. The lowest BCUT2D eigenvalue weighted by atomic mass is 10.1. The van der Waals surface area contributed by atoms with Crippen LogP contribution in [0.2, 0.25) is 5.15 Å². The number of morpholine rings is 1. The average Bonchev–Trinajstić information content (AvgIpc) is 2.80. The van der Waals surface area contributed by atoms with Crippen molar-refractivity contribution in [2.75, 3.05) is 47.6 Å². The van der Waals surface area contributed by atoms with Crippen LogP contribution in [0.15, 0.2) is 24.3 Å². The number of benzene rings is 1. The summed E-state index contributed by atoms with van der Waals surface area (Å²) in [4.78, 5) is 30.7. The molecule has 32 heavy (non-hydrogen) atoms. The van der Waals surface area contributed by atoms with Crippen LogP contribution in [-0.2, 0) is 4.74 Å².